The summed E-state index contributed by atoms with van der Waals surface area (Å²) in [6.07, 6.45) is -2.05. The third-order valence-corrected chi connectivity index (χ3v) is 2.91. The number of nitrogens with one attached hydrogen (secondary N) is 1. The second-order valence-electron chi connectivity index (χ2n) is 4.55. The van der Waals surface area contributed by atoms with Gasteiger partial charge in [-0.1, -0.05) is 25.1 Å². The van der Waals surface area contributed by atoms with Crippen LogP contribution in [0.5, 0.6) is 0 Å². The minimum atomic E-state index is -4.25. The van der Waals surface area contributed by atoms with Gasteiger partial charge in [-0.25, -0.2) is 0 Å². The molecule has 1 aromatic carbocycles. The molecule has 1 atom stereocenters. The molecular weight excluding hydrogens is 239 g/mol. The molecule has 0 saturated heterocycles. The van der Waals surface area contributed by atoms with Gasteiger partial charge in [0.25, 0.3) is 0 Å². The Labute approximate surface area is 106 Å². The van der Waals surface area contributed by atoms with Crippen LogP contribution in [-0.2, 0) is 12.6 Å². The molecule has 0 aliphatic heterocycles. The summed E-state index contributed by atoms with van der Waals surface area (Å²) < 4.78 is 38.3. The van der Waals surface area contributed by atoms with Crippen molar-refractivity contribution in [2.75, 3.05) is 6.54 Å². The number of halogens is 3. The average Bonchev–Trinajstić information content (AvgIpc) is 2.33. The van der Waals surface area contributed by atoms with Gasteiger partial charge in [-0.15, -0.1) is 0 Å². The Morgan fingerprint density at radius 1 is 1.22 bits per heavy atom. The van der Waals surface area contributed by atoms with Gasteiger partial charge in [-0.2, -0.15) is 13.2 Å². The standard InChI is InChI=1S/C14H20F3N/c1-3-10-18-11(2)8-9-12-6-4-5-7-13(12)14(15,16)17/h4-7,11,18H,3,8-10H2,1-2H3. The van der Waals surface area contributed by atoms with E-state index in [1.807, 2.05) is 6.92 Å². The third-order valence-electron chi connectivity index (χ3n) is 2.91. The number of benzene rings is 1. The number of aryl methyl sites for hydroxylation is 1. The summed E-state index contributed by atoms with van der Waals surface area (Å²) >= 11 is 0. The van der Waals surface area contributed by atoms with Gasteiger partial charge >= 0.3 is 6.18 Å². The summed E-state index contributed by atoms with van der Waals surface area (Å²) in [6, 6.07) is 6.06. The Morgan fingerprint density at radius 2 is 1.89 bits per heavy atom. The van der Waals surface area contributed by atoms with Gasteiger partial charge < -0.3 is 5.32 Å². The lowest BCUT2D eigenvalue weighted by Gasteiger charge is -2.16. The lowest BCUT2D eigenvalue weighted by Crippen LogP contribution is -2.27. The molecule has 4 heteroatoms. The molecule has 0 saturated carbocycles. The molecule has 1 aromatic rings. The highest BCUT2D eigenvalue weighted by Crippen LogP contribution is 2.32. The van der Waals surface area contributed by atoms with Gasteiger partial charge in [-0.05, 0) is 44.4 Å². The lowest BCUT2D eigenvalue weighted by atomic mass is 10.0. The van der Waals surface area contributed by atoms with Gasteiger partial charge in [0.1, 0.15) is 0 Å². The second kappa shape index (κ2) is 6.78. The maximum Gasteiger partial charge on any atom is 0.416 e. The smallest absolute Gasteiger partial charge is 0.314 e. The zero-order chi connectivity index (χ0) is 13.6. The van der Waals surface area contributed by atoms with Crippen molar-refractivity contribution >= 4 is 0 Å². The van der Waals surface area contributed by atoms with E-state index in [9.17, 15) is 13.2 Å². The third kappa shape index (κ3) is 4.69. The Balaban J connectivity index is 2.62. The highest BCUT2D eigenvalue weighted by Gasteiger charge is 2.32. The number of rotatable bonds is 6. The zero-order valence-electron chi connectivity index (χ0n) is 10.8. The Morgan fingerprint density at radius 3 is 2.50 bits per heavy atom. The Kier molecular flexibility index (Phi) is 5.66. The quantitative estimate of drug-likeness (QED) is 0.813. The first kappa shape index (κ1) is 15.0. The topological polar surface area (TPSA) is 12.0 Å². The van der Waals surface area contributed by atoms with Crippen molar-refractivity contribution in [2.45, 2.75) is 45.3 Å². The molecular formula is C14H20F3N. The minimum Gasteiger partial charge on any atom is -0.314 e. The van der Waals surface area contributed by atoms with Crippen molar-refractivity contribution in [3.05, 3.63) is 35.4 Å². The fourth-order valence-electron chi connectivity index (χ4n) is 1.88. The summed E-state index contributed by atoms with van der Waals surface area (Å²) in [5.41, 5.74) is -0.122. The van der Waals surface area contributed by atoms with Gasteiger partial charge in [-0.3, -0.25) is 0 Å². The van der Waals surface area contributed by atoms with Crippen LogP contribution in [0.1, 0.15) is 37.8 Å². The highest BCUT2D eigenvalue weighted by atomic mass is 19.4. The monoisotopic (exact) mass is 259 g/mol. The molecule has 0 radical (unpaired) electrons. The van der Waals surface area contributed by atoms with Crippen molar-refractivity contribution in [1.29, 1.82) is 0 Å². The van der Waals surface area contributed by atoms with Gasteiger partial charge in [0, 0.05) is 6.04 Å². The van der Waals surface area contributed by atoms with Crippen LogP contribution in [0.15, 0.2) is 24.3 Å². The van der Waals surface area contributed by atoms with E-state index in [2.05, 4.69) is 12.2 Å². The largest absolute Gasteiger partial charge is 0.416 e. The van der Waals surface area contributed by atoms with E-state index < -0.39 is 11.7 Å². The van der Waals surface area contributed by atoms with Crippen LogP contribution in [-0.4, -0.2) is 12.6 Å². The predicted octanol–water partition coefficient (Wildman–Crippen LogP) is 4.03. The molecule has 1 unspecified atom stereocenters. The fourth-order valence-corrected chi connectivity index (χ4v) is 1.88. The van der Waals surface area contributed by atoms with Crippen LogP contribution in [0, 0.1) is 0 Å². The van der Waals surface area contributed by atoms with Crippen molar-refractivity contribution in [2.24, 2.45) is 0 Å². The molecule has 0 aromatic heterocycles. The molecule has 0 aliphatic carbocycles. The molecule has 18 heavy (non-hydrogen) atoms. The van der Waals surface area contributed by atoms with Crippen LogP contribution >= 0.6 is 0 Å². The van der Waals surface area contributed by atoms with Gasteiger partial charge in [0.2, 0.25) is 0 Å². The van der Waals surface area contributed by atoms with E-state index in [1.165, 1.54) is 6.07 Å². The van der Waals surface area contributed by atoms with E-state index >= 15 is 0 Å². The number of hydrogen-bond acceptors (Lipinski definition) is 1. The van der Waals surface area contributed by atoms with Crippen LogP contribution in [0.2, 0.25) is 0 Å². The van der Waals surface area contributed by atoms with Crippen molar-refractivity contribution < 1.29 is 13.2 Å². The molecule has 1 N–H and O–H groups in total. The van der Waals surface area contributed by atoms with Crippen molar-refractivity contribution in [3.63, 3.8) is 0 Å². The van der Waals surface area contributed by atoms with Crippen LogP contribution in [0.4, 0.5) is 13.2 Å². The number of hydrogen-bond donors (Lipinski definition) is 1. The minimum absolute atomic E-state index is 0.242. The molecule has 0 aliphatic rings. The summed E-state index contributed by atoms with van der Waals surface area (Å²) in [5.74, 6) is 0. The molecule has 0 spiro atoms. The Bertz CT molecular complexity index is 360. The van der Waals surface area contributed by atoms with Gasteiger partial charge in [0.15, 0.2) is 0 Å². The maximum atomic E-state index is 12.8. The van der Waals surface area contributed by atoms with E-state index in [-0.39, 0.29) is 6.04 Å². The van der Waals surface area contributed by atoms with Crippen LogP contribution in [0.3, 0.4) is 0 Å². The molecule has 0 fully saturated rings. The second-order valence-corrected chi connectivity index (χ2v) is 4.55. The SMILES string of the molecule is CCCNC(C)CCc1ccccc1C(F)(F)F. The molecule has 1 rings (SSSR count). The molecule has 0 amide bonds. The van der Waals surface area contributed by atoms with Crippen molar-refractivity contribution in [1.82, 2.24) is 5.32 Å². The summed E-state index contributed by atoms with van der Waals surface area (Å²) in [7, 11) is 0. The summed E-state index contributed by atoms with van der Waals surface area (Å²) in [6.45, 7) is 4.98. The van der Waals surface area contributed by atoms with E-state index in [4.69, 9.17) is 0 Å². The molecule has 0 bridgehead atoms. The summed E-state index contributed by atoms with van der Waals surface area (Å²) in [4.78, 5) is 0. The lowest BCUT2D eigenvalue weighted by molar-refractivity contribution is -0.138. The normalized spacial score (nSPS) is 13.6. The first-order chi connectivity index (χ1) is 8.45. The maximum absolute atomic E-state index is 12.8. The Hall–Kier alpha value is -1.03. The molecule has 0 heterocycles. The first-order valence-corrected chi connectivity index (χ1v) is 6.33. The van der Waals surface area contributed by atoms with E-state index in [0.717, 1.165) is 19.0 Å². The summed E-state index contributed by atoms with van der Waals surface area (Å²) in [5, 5.41) is 3.28. The molecule has 102 valence electrons. The predicted molar refractivity (Wildman–Crippen MR) is 67.5 cm³/mol. The van der Waals surface area contributed by atoms with Crippen molar-refractivity contribution in [3.8, 4) is 0 Å². The fraction of sp³-hybridized carbons (Fsp3) is 0.571. The van der Waals surface area contributed by atoms with E-state index in [0.29, 0.717) is 18.4 Å². The van der Waals surface area contributed by atoms with E-state index in [1.54, 1.807) is 12.1 Å². The molecule has 1 nitrogen and oxygen atoms in total. The van der Waals surface area contributed by atoms with Gasteiger partial charge in [0.05, 0.1) is 5.56 Å². The van der Waals surface area contributed by atoms with Crippen LogP contribution in [0.25, 0.3) is 0 Å². The first-order valence-electron chi connectivity index (χ1n) is 6.33. The number of alkyl halides is 3. The van der Waals surface area contributed by atoms with Crippen LogP contribution < -0.4 is 5.32 Å². The highest BCUT2D eigenvalue weighted by molar-refractivity contribution is 5.29. The average molecular weight is 259 g/mol. The zero-order valence-corrected chi connectivity index (χ0v) is 10.8.